The molecular formula is C20H29IN4O2S. The zero-order valence-electron chi connectivity index (χ0n) is 16.9. The normalized spacial score (nSPS) is 13.6. The predicted octanol–water partition coefficient (Wildman–Crippen LogP) is 3.65. The molecule has 2 aromatic rings. The average Bonchev–Trinajstić information content (AvgIpc) is 3.10. The maximum absolute atomic E-state index is 5.47. The molecule has 2 heterocycles. The fourth-order valence-corrected chi connectivity index (χ4v) is 3.94. The molecule has 1 aliphatic rings. The van der Waals surface area contributed by atoms with E-state index >= 15 is 0 Å². The molecule has 1 aliphatic heterocycles. The molecule has 1 aromatic heterocycles. The molecule has 28 heavy (non-hydrogen) atoms. The van der Waals surface area contributed by atoms with E-state index in [2.05, 4.69) is 39.6 Å². The van der Waals surface area contributed by atoms with Gasteiger partial charge in [-0.05, 0) is 43.5 Å². The zero-order chi connectivity index (χ0) is 19.2. The van der Waals surface area contributed by atoms with Gasteiger partial charge in [0.25, 0.3) is 0 Å². The van der Waals surface area contributed by atoms with Gasteiger partial charge in [0.2, 0.25) is 0 Å². The fraction of sp³-hybridized carbons (Fsp3) is 0.500. The number of aromatic nitrogens is 1. The summed E-state index contributed by atoms with van der Waals surface area (Å²) in [5, 5.41) is 6.66. The number of aliphatic imine (C=N–C) groups is 1. The number of guanidine groups is 1. The van der Waals surface area contributed by atoms with Gasteiger partial charge in [-0.2, -0.15) is 0 Å². The minimum Gasteiger partial charge on any atom is -0.493 e. The van der Waals surface area contributed by atoms with Gasteiger partial charge in [0.1, 0.15) is 0 Å². The van der Waals surface area contributed by atoms with Crippen LogP contribution in [0, 0.1) is 6.92 Å². The third-order valence-corrected chi connectivity index (χ3v) is 5.47. The summed E-state index contributed by atoms with van der Waals surface area (Å²) >= 11 is 1.69. The first kappa shape index (κ1) is 22.7. The molecule has 8 heteroatoms. The number of hydrogen-bond donors (Lipinski definition) is 1. The molecule has 0 spiro atoms. The van der Waals surface area contributed by atoms with Crippen LogP contribution in [0.1, 0.15) is 28.8 Å². The number of fused-ring (bicyclic) bond motifs is 1. The van der Waals surface area contributed by atoms with Crippen molar-refractivity contribution in [1.82, 2.24) is 15.2 Å². The summed E-state index contributed by atoms with van der Waals surface area (Å²) in [5.41, 5.74) is 3.70. The Labute approximate surface area is 188 Å². The van der Waals surface area contributed by atoms with E-state index in [1.807, 2.05) is 6.92 Å². The van der Waals surface area contributed by atoms with Gasteiger partial charge in [0.05, 0.1) is 24.9 Å². The second-order valence-electron chi connectivity index (χ2n) is 6.49. The third-order valence-electron chi connectivity index (χ3n) is 4.65. The van der Waals surface area contributed by atoms with Crippen molar-refractivity contribution < 1.29 is 9.47 Å². The van der Waals surface area contributed by atoms with Crippen LogP contribution in [0.2, 0.25) is 0 Å². The van der Waals surface area contributed by atoms with E-state index in [0.717, 1.165) is 67.2 Å². The summed E-state index contributed by atoms with van der Waals surface area (Å²) in [4.78, 5) is 11.7. The van der Waals surface area contributed by atoms with Crippen molar-refractivity contribution in [3.63, 3.8) is 0 Å². The highest BCUT2D eigenvalue weighted by Crippen LogP contribution is 2.33. The van der Waals surface area contributed by atoms with Crippen molar-refractivity contribution in [1.29, 1.82) is 0 Å². The largest absolute Gasteiger partial charge is 0.493 e. The molecule has 0 saturated heterocycles. The molecule has 0 atom stereocenters. The van der Waals surface area contributed by atoms with Gasteiger partial charge in [-0.15, -0.1) is 35.3 Å². The summed E-state index contributed by atoms with van der Waals surface area (Å²) in [6.45, 7) is 7.48. The average molecular weight is 516 g/mol. The number of rotatable bonds is 6. The van der Waals surface area contributed by atoms with E-state index in [1.165, 1.54) is 11.1 Å². The van der Waals surface area contributed by atoms with E-state index in [-0.39, 0.29) is 24.0 Å². The van der Waals surface area contributed by atoms with Gasteiger partial charge in [-0.1, -0.05) is 0 Å². The standard InChI is InChI=1S/C20H28N4O2S.HI/c1-5-21-20(22-8-6-17-13-27-14(2)23-17)24-9-7-15-10-18(25-3)19(26-4)11-16(15)12-24;/h10-11,13H,5-9,12H2,1-4H3,(H,21,22);1H. The zero-order valence-corrected chi connectivity index (χ0v) is 20.1. The summed E-state index contributed by atoms with van der Waals surface area (Å²) < 4.78 is 10.9. The molecule has 0 saturated carbocycles. The third kappa shape index (κ3) is 5.50. The van der Waals surface area contributed by atoms with Gasteiger partial charge < -0.3 is 19.7 Å². The number of halogens is 1. The van der Waals surface area contributed by atoms with Gasteiger partial charge in [0.15, 0.2) is 17.5 Å². The smallest absolute Gasteiger partial charge is 0.194 e. The number of hydrogen-bond acceptors (Lipinski definition) is 5. The van der Waals surface area contributed by atoms with Crippen molar-refractivity contribution in [2.24, 2.45) is 4.99 Å². The fourth-order valence-electron chi connectivity index (χ4n) is 3.29. The van der Waals surface area contributed by atoms with Crippen molar-refractivity contribution in [2.45, 2.75) is 33.2 Å². The SMILES string of the molecule is CCNC(=NCCc1csc(C)n1)N1CCc2cc(OC)c(OC)cc2C1.I. The topological polar surface area (TPSA) is 59.0 Å². The van der Waals surface area contributed by atoms with Gasteiger partial charge in [-0.3, -0.25) is 4.99 Å². The Morgan fingerprint density at radius 3 is 2.57 bits per heavy atom. The van der Waals surface area contributed by atoms with Crippen molar-refractivity contribution in [2.75, 3.05) is 33.9 Å². The molecular weight excluding hydrogens is 487 g/mol. The maximum atomic E-state index is 5.47. The quantitative estimate of drug-likeness (QED) is 0.361. The number of nitrogens with one attached hydrogen (secondary N) is 1. The van der Waals surface area contributed by atoms with Crippen LogP contribution in [0.15, 0.2) is 22.5 Å². The Kier molecular flexibility index (Phi) is 8.81. The van der Waals surface area contributed by atoms with Crippen LogP contribution >= 0.6 is 35.3 Å². The molecule has 0 aliphatic carbocycles. The van der Waals surface area contributed by atoms with Crippen LogP contribution < -0.4 is 14.8 Å². The Balaban J connectivity index is 0.00000280. The Morgan fingerprint density at radius 1 is 1.25 bits per heavy atom. The number of aryl methyl sites for hydroxylation is 1. The molecule has 154 valence electrons. The molecule has 1 aromatic carbocycles. The van der Waals surface area contributed by atoms with E-state index in [4.69, 9.17) is 14.5 Å². The van der Waals surface area contributed by atoms with Crippen LogP contribution in [0.3, 0.4) is 0 Å². The lowest BCUT2D eigenvalue weighted by Gasteiger charge is -2.32. The second-order valence-corrected chi connectivity index (χ2v) is 7.55. The van der Waals surface area contributed by atoms with E-state index in [9.17, 15) is 0 Å². The van der Waals surface area contributed by atoms with Crippen LogP contribution in [0.4, 0.5) is 0 Å². The Morgan fingerprint density at radius 2 is 1.96 bits per heavy atom. The number of ether oxygens (including phenoxy) is 2. The first-order valence-electron chi connectivity index (χ1n) is 9.32. The van der Waals surface area contributed by atoms with E-state index < -0.39 is 0 Å². The summed E-state index contributed by atoms with van der Waals surface area (Å²) in [7, 11) is 3.36. The van der Waals surface area contributed by atoms with Gasteiger partial charge in [0, 0.05) is 38.0 Å². The monoisotopic (exact) mass is 516 g/mol. The first-order chi connectivity index (χ1) is 13.1. The van der Waals surface area contributed by atoms with Crippen molar-refractivity contribution in [3.05, 3.63) is 39.3 Å². The maximum Gasteiger partial charge on any atom is 0.194 e. The molecule has 0 amide bonds. The number of thiazole rings is 1. The van der Waals surface area contributed by atoms with Gasteiger partial charge >= 0.3 is 0 Å². The van der Waals surface area contributed by atoms with E-state index in [0.29, 0.717) is 0 Å². The summed E-state index contributed by atoms with van der Waals surface area (Å²) in [6.07, 6.45) is 1.83. The predicted molar refractivity (Wildman–Crippen MR) is 126 cm³/mol. The highest BCUT2D eigenvalue weighted by molar-refractivity contribution is 14.0. The molecule has 3 rings (SSSR count). The lowest BCUT2D eigenvalue weighted by molar-refractivity contribution is 0.346. The molecule has 0 radical (unpaired) electrons. The lowest BCUT2D eigenvalue weighted by atomic mass is 9.99. The van der Waals surface area contributed by atoms with E-state index in [1.54, 1.807) is 25.6 Å². The number of methoxy groups -OCH3 is 2. The number of benzene rings is 1. The van der Waals surface area contributed by atoms with Crippen molar-refractivity contribution >= 4 is 41.3 Å². The summed E-state index contributed by atoms with van der Waals surface area (Å²) in [6, 6.07) is 4.18. The van der Waals surface area contributed by atoms with Crippen LogP contribution in [0.25, 0.3) is 0 Å². The Hall–Kier alpha value is -1.55. The number of nitrogens with zero attached hydrogens (tertiary/aromatic N) is 3. The highest BCUT2D eigenvalue weighted by Gasteiger charge is 2.21. The van der Waals surface area contributed by atoms with Gasteiger partial charge in [-0.25, -0.2) is 4.98 Å². The second kappa shape index (κ2) is 10.8. The molecule has 6 nitrogen and oxygen atoms in total. The highest BCUT2D eigenvalue weighted by atomic mass is 127. The molecule has 0 unspecified atom stereocenters. The Bertz CT molecular complexity index is 809. The van der Waals surface area contributed by atoms with Crippen LogP contribution in [-0.2, 0) is 19.4 Å². The van der Waals surface area contributed by atoms with Crippen LogP contribution in [0.5, 0.6) is 11.5 Å². The minimum atomic E-state index is 0. The van der Waals surface area contributed by atoms with Crippen LogP contribution in [-0.4, -0.2) is 49.7 Å². The molecule has 0 bridgehead atoms. The molecule has 1 N–H and O–H groups in total. The molecule has 0 fully saturated rings. The minimum absolute atomic E-state index is 0. The summed E-state index contributed by atoms with van der Waals surface area (Å²) in [5.74, 6) is 2.53. The first-order valence-corrected chi connectivity index (χ1v) is 10.2. The van der Waals surface area contributed by atoms with Crippen molar-refractivity contribution in [3.8, 4) is 11.5 Å². The lowest BCUT2D eigenvalue weighted by Crippen LogP contribution is -2.44.